The van der Waals surface area contributed by atoms with Crippen molar-refractivity contribution in [2.45, 2.75) is 12.8 Å². The molecule has 0 heterocycles. The van der Waals surface area contributed by atoms with Gasteiger partial charge in [-0.15, -0.1) is 0 Å². The Bertz CT molecular complexity index is 419. The molecular weight excluding hydrogens is 249 g/mol. The number of benzene rings is 1. The van der Waals surface area contributed by atoms with Crippen molar-refractivity contribution in [3.63, 3.8) is 0 Å². The summed E-state index contributed by atoms with van der Waals surface area (Å²) in [5.41, 5.74) is -0.791. The van der Waals surface area contributed by atoms with Crippen LogP contribution in [-0.4, -0.2) is 11.1 Å². The fraction of sp³-hybridized carbons (Fsp3) is 0.222. The first-order valence-corrected chi connectivity index (χ1v) is 4.60. The van der Waals surface area contributed by atoms with Crippen molar-refractivity contribution in [3.05, 3.63) is 33.3 Å². The fourth-order valence-corrected chi connectivity index (χ4v) is 1.63. The highest BCUT2D eigenvalue weighted by Crippen LogP contribution is 2.38. The van der Waals surface area contributed by atoms with Crippen molar-refractivity contribution in [1.82, 2.24) is 0 Å². The van der Waals surface area contributed by atoms with Crippen molar-refractivity contribution in [2.75, 3.05) is 0 Å². The molecule has 0 unspecified atom stereocenters. The van der Waals surface area contributed by atoms with Crippen LogP contribution in [0.3, 0.4) is 0 Å². The number of alkyl halides is 2. The molecule has 0 spiro atoms. The topological polar surface area (TPSA) is 37.3 Å². The summed E-state index contributed by atoms with van der Waals surface area (Å²) >= 11 is 11.1. The molecular formula is C9H6Cl2F2O2. The summed E-state index contributed by atoms with van der Waals surface area (Å²) in [6.45, 7) is 1.29. The van der Waals surface area contributed by atoms with Crippen molar-refractivity contribution in [3.8, 4) is 0 Å². The molecule has 1 rings (SSSR count). The van der Waals surface area contributed by atoms with Gasteiger partial charge in [0.25, 0.3) is 0 Å². The zero-order chi connectivity index (χ0) is 11.8. The molecule has 1 aromatic rings. The molecule has 0 saturated heterocycles. The van der Waals surface area contributed by atoms with E-state index in [0.29, 0.717) is 0 Å². The Balaban J connectivity index is 3.49. The van der Waals surface area contributed by atoms with Gasteiger partial charge in [0.05, 0.1) is 10.6 Å². The molecule has 82 valence electrons. The van der Waals surface area contributed by atoms with Crippen LogP contribution in [0.25, 0.3) is 0 Å². The fourth-order valence-electron chi connectivity index (χ4n) is 1.15. The van der Waals surface area contributed by atoms with E-state index in [1.807, 2.05) is 0 Å². The molecule has 15 heavy (non-hydrogen) atoms. The van der Waals surface area contributed by atoms with Gasteiger partial charge in [0.1, 0.15) is 0 Å². The number of halogens is 4. The minimum absolute atomic E-state index is 0.0310. The van der Waals surface area contributed by atoms with Gasteiger partial charge in [-0.25, -0.2) is 4.79 Å². The Morgan fingerprint density at radius 1 is 1.33 bits per heavy atom. The molecule has 2 nitrogen and oxygen atoms in total. The Labute approximate surface area is 94.4 Å². The van der Waals surface area contributed by atoms with Crippen LogP contribution >= 0.6 is 23.2 Å². The van der Waals surface area contributed by atoms with E-state index in [4.69, 9.17) is 28.3 Å². The molecule has 0 radical (unpaired) electrons. The van der Waals surface area contributed by atoms with Crippen molar-refractivity contribution >= 4 is 29.2 Å². The normalized spacial score (nSPS) is 11.5. The lowest BCUT2D eigenvalue weighted by Crippen LogP contribution is -2.26. The van der Waals surface area contributed by atoms with E-state index in [2.05, 4.69) is 0 Å². The predicted octanol–water partition coefficient (Wildman–Crippen LogP) is 3.48. The largest absolute Gasteiger partial charge is 0.477 e. The third-order valence-electron chi connectivity index (χ3n) is 1.93. The van der Waals surface area contributed by atoms with Crippen LogP contribution < -0.4 is 0 Å². The quantitative estimate of drug-likeness (QED) is 0.878. The van der Waals surface area contributed by atoms with Gasteiger partial charge in [0, 0.05) is 5.02 Å². The van der Waals surface area contributed by atoms with Crippen LogP contribution in [-0.2, 0) is 10.7 Å². The summed E-state index contributed by atoms with van der Waals surface area (Å²) in [5, 5.41) is 8.12. The van der Waals surface area contributed by atoms with E-state index in [1.54, 1.807) is 0 Å². The highest BCUT2D eigenvalue weighted by molar-refractivity contribution is 6.34. The Morgan fingerprint density at radius 3 is 2.27 bits per heavy atom. The minimum atomic E-state index is -4.04. The number of hydrogen-bond donors (Lipinski definition) is 1. The monoisotopic (exact) mass is 254 g/mol. The molecule has 1 aromatic carbocycles. The van der Waals surface area contributed by atoms with E-state index in [9.17, 15) is 13.6 Å². The smallest absolute Gasteiger partial charge is 0.379 e. The number of carboxylic acids is 1. The Kier molecular flexibility index (Phi) is 3.21. The van der Waals surface area contributed by atoms with Gasteiger partial charge in [-0.1, -0.05) is 23.2 Å². The average Bonchev–Trinajstić information content (AvgIpc) is 2.11. The van der Waals surface area contributed by atoms with Crippen LogP contribution in [0.2, 0.25) is 10.0 Å². The average molecular weight is 255 g/mol. The van der Waals surface area contributed by atoms with E-state index in [0.717, 1.165) is 6.07 Å². The summed E-state index contributed by atoms with van der Waals surface area (Å²) in [5.74, 6) is -6.29. The van der Waals surface area contributed by atoms with Gasteiger partial charge >= 0.3 is 11.9 Å². The first-order valence-electron chi connectivity index (χ1n) is 3.84. The highest BCUT2D eigenvalue weighted by Gasteiger charge is 2.44. The molecule has 0 aliphatic carbocycles. The summed E-state index contributed by atoms with van der Waals surface area (Å²) in [6, 6.07) is 2.48. The molecule has 6 heteroatoms. The Hall–Kier alpha value is -0.870. The zero-order valence-corrected chi connectivity index (χ0v) is 9.03. The number of carbonyl (C=O) groups is 1. The molecule has 1 N–H and O–H groups in total. The summed E-state index contributed by atoms with van der Waals surface area (Å²) in [7, 11) is 0. The zero-order valence-electron chi connectivity index (χ0n) is 7.52. The van der Waals surface area contributed by atoms with Gasteiger partial charge in [-0.3, -0.25) is 0 Å². The second-order valence-electron chi connectivity index (χ2n) is 2.91. The maximum absolute atomic E-state index is 13.2. The van der Waals surface area contributed by atoms with Crippen LogP contribution in [0.1, 0.15) is 11.1 Å². The lowest BCUT2D eigenvalue weighted by atomic mass is 10.0. The van der Waals surface area contributed by atoms with E-state index >= 15 is 0 Å². The molecule has 0 aliphatic heterocycles. The summed E-state index contributed by atoms with van der Waals surface area (Å²) in [4.78, 5) is 10.4. The highest BCUT2D eigenvalue weighted by atomic mass is 35.5. The van der Waals surface area contributed by atoms with Crippen molar-refractivity contribution in [2.24, 2.45) is 0 Å². The maximum Gasteiger partial charge on any atom is 0.379 e. The standard InChI is InChI=1S/C9H6Cl2F2O2/c1-4-5(10)2-3-6(11)7(4)9(12,13)8(14)15/h2-3H,1H3,(H,14,15). The van der Waals surface area contributed by atoms with Gasteiger partial charge in [-0.2, -0.15) is 8.78 Å². The molecule has 0 aromatic heterocycles. The second kappa shape index (κ2) is 3.94. The number of aliphatic carboxylic acids is 1. The molecule has 0 aliphatic rings. The van der Waals surface area contributed by atoms with Gasteiger partial charge in [0.2, 0.25) is 0 Å². The lowest BCUT2D eigenvalue weighted by Gasteiger charge is -2.16. The van der Waals surface area contributed by atoms with Gasteiger partial charge in [-0.05, 0) is 24.6 Å². The number of rotatable bonds is 2. The first-order chi connectivity index (χ1) is 6.78. The number of carboxylic acid groups (broad SMARTS) is 1. The molecule has 0 atom stereocenters. The van der Waals surface area contributed by atoms with Crippen molar-refractivity contribution in [1.29, 1.82) is 0 Å². The summed E-state index contributed by atoms with van der Waals surface area (Å²) < 4.78 is 26.5. The third kappa shape index (κ3) is 2.06. The molecule has 0 amide bonds. The van der Waals surface area contributed by atoms with Crippen LogP contribution in [0.15, 0.2) is 12.1 Å². The van der Waals surface area contributed by atoms with Crippen LogP contribution in [0, 0.1) is 6.92 Å². The Morgan fingerprint density at radius 2 is 1.80 bits per heavy atom. The second-order valence-corrected chi connectivity index (χ2v) is 3.72. The van der Waals surface area contributed by atoms with Gasteiger partial charge < -0.3 is 5.11 Å². The van der Waals surface area contributed by atoms with E-state index in [1.165, 1.54) is 13.0 Å². The molecule has 0 fully saturated rings. The van der Waals surface area contributed by atoms with E-state index in [-0.39, 0.29) is 15.6 Å². The summed E-state index contributed by atoms with van der Waals surface area (Å²) in [6.07, 6.45) is 0. The number of hydrogen-bond acceptors (Lipinski definition) is 1. The minimum Gasteiger partial charge on any atom is -0.477 e. The predicted molar refractivity (Wildman–Crippen MR) is 52.7 cm³/mol. The third-order valence-corrected chi connectivity index (χ3v) is 2.66. The van der Waals surface area contributed by atoms with Crippen LogP contribution in [0.4, 0.5) is 8.78 Å². The SMILES string of the molecule is Cc1c(Cl)ccc(Cl)c1C(F)(F)C(=O)O. The maximum atomic E-state index is 13.2. The molecule has 0 saturated carbocycles. The molecule has 0 bridgehead atoms. The van der Waals surface area contributed by atoms with Crippen molar-refractivity contribution < 1.29 is 18.7 Å². The lowest BCUT2D eigenvalue weighted by molar-refractivity contribution is -0.166. The van der Waals surface area contributed by atoms with E-state index < -0.39 is 17.5 Å². The van der Waals surface area contributed by atoms with Crippen LogP contribution in [0.5, 0.6) is 0 Å². The van der Waals surface area contributed by atoms with Gasteiger partial charge in [0.15, 0.2) is 0 Å². The first kappa shape index (κ1) is 12.2.